The number of hydrogen-bond donors (Lipinski definition) is 1. The Kier molecular flexibility index (Phi) is 0.900. The second-order valence-corrected chi connectivity index (χ2v) is 1.24. The molecule has 4 heteroatoms. The SMILES string of the molecule is [Cu][c]1c[nH]nn1. The molecule has 0 aliphatic heterocycles. The summed E-state index contributed by atoms with van der Waals surface area (Å²) in [6, 6.07) is 0. The number of H-pyrrole nitrogens is 1. The Morgan fingerprint density at radius 1 is 1.83 bits per heavy atom. The van der Waals surface area contributed by atoms with Crippen LogP contribution in [-0.4, -0.2) is 15.4 Å². The molecule has 0 spiro atoms. The van der Waals surface area contributed by atoms with E-state index in [-0.39, 0.29) is 0 Å². The molecule has 0 bridgehead atoms. The summed E-state index contributed by atoms with van der Waals surface area (Å²) in [7, 11) is 0. The van der Waals surface area contributed by atoms with E-state index in [4.69, 9.17) is 0 Å². The Morgan fingerprint density at radius 2 is 2.67 bits per heavy atom. The molecule has 1 aromatic rings. The quantitative estimate of drug-likeness (QED) is 0.458. The molecular weight excluding hydrogens is 130 g/mol. The van der Waals surface area contributed by atoms with Gasteiger partial charge in [-0.05, 0) is 0 Å². The van der Waals surface area contributed by atoms with E-state index in [0.717, 1.165) is 0 Å². The zero-order valence-corrected chi connectivity index (χ0v) is 3.71. The molecule has 0 fully saturated rings. The Bertz CT molecular complexity index is 112. The van der Waals surface area contributed by atoms with Gasteiger partial charge in [-0.25, -0.2) is 0 Å². The number of hydrogen-bond acceptors (Lipinski definition) is 2. The summed E-state index contributed by atoms with van der Waals surface area (Å²) in [5.74, 6) is 0. The minimum absolute atomic E-state index is 0.488. The summed E-state index contributed by atoms with van der Waals surface area (Å²) in [5.41, 5.74) is 0. The van der Waals surface area contributed by atoms with Crippen LogP contribution in [0, 0.1) is 0 Å². The summed E-state index contributed by atoms with van der Waals surface area (Å²) in [6.07, 6.45) is 1.54. The topological polar surface area (TPSA) is 41.6 Å². The van der Waals surface area contributed by atoms with Gasteiger partial charge in [0, 0.05) is 0 Å². The molecule has 36 valence electrons. The standard InChI is InChI=1S/C2H2N3.Cu/c1-2-4-5-3-1;/h1H,(H,3,4,5);. The van der Waals surface area contributed by atoms with Crippen molar-refractivity contribution < 1.29 is 16.0 Å². The molecule has 0 unspecified atom stereocenters. The van der Waals surface area contributed by atoms with Crippen LogP contribution < -0.4 is 4.59 Å². The number of aromatic nitrogens is 3. The van der Waals surface area contributed by atoms with Crippen molar-refractivity contribution in [3.8, 4) is 0 Å². The molecule has 0 amide bonds. The van der Waals surface area contributed by atoms with Crippen LogP contribution >= 0.6 is 0 Å². The molecule has 1 N–H and O–H groups in total. The first-order chi connectivity index (χ1) is 2.89. The molecule has 0 aromatic carbocycles. The molecule has 1 aromatic heterocycles. The van der Waals surface area contributed by atoms with Crippen molar-refractivity contribution in [1.82, 2.24) is 15.4 Å². The Labute approximate surface area is 43.0 Å². The van der Waals surface area contributed by atoms with E-state index >= 15 is 0 Å². The average molecular weight is 132 g/mol. The van der Waals surface area contributed by atoms with Crippen LogP contribution in [0.15, 0.2) is 6.20 Å². The van der Waals surface area contributed by atoms with Gasteiger partial charge in [0.2, 0.25) is 0 Å². The van der Waals surface area contributed by atoms with Crippen molar-refractivity contribution in [2.45, 2.75) is 0 Å². The normalized spacial score (nSPS) is 9.00. The third kappa shape index (κ3) is 0.584. The van der Waals surface area contributed by atoms with Crippen molar-refractivity contribution in [2.24, 2.45) is 0 Å². The van der Waals surface area contributed by atoms with Gasteiger partial charge >= 0.3 is 42.2 Å². The van der Waals surface area contributed by atoms with Crippen LogP contribution in [0.25, 0.3) is 0 Å². The summed E-state index contributed by atoms with van der Waals surface area (Å²) in [5, 5.41) is 9.21. The van der Waals surface area contributed by atoms with E-state index in [0.29, 0.717) is 4.59 Å². The fourth-order valence-corrected chi connectivity index (χ4v) is 0.287. The van der Waals surface area contributed by atoms with Gasteiger partial charge in [0.1, 0.15) is 0 Å². The van der Waals surface area contributed by atoms with E-state index in [1.165, 1.54) is 0 Å². The van der Waals surface area contributed by atoms with E-state index in [2.05, 4.69) is 31.4 Å². The third-order valence-electron chi connectivity index (χ3n) is 0.368. The van der Waals surface area contributed by atoms with Crippen molar-refractivity contribution >= 4 is 4.59 Å². The van der Waals surface area contributed by atoms with Crippen molar-refractivity contribution in [3.05, 3.63) is 6.20 Å². The van der Waals surface area contributed by atoms with Gasteiger partial charge in [-0.2, -0.15) is 0 Å². The zero-order valence-electron chi connectivity index (χ0n) is 2.77. The summed E-state index contributed by atoms with van der Waals surface area (Å²) in [6.45, 7) is 0. The summed E-state index contributed by atoms with van der Waals surface area (Å²) >= 11 is 4.67. The van der Waals surface area contributed by atoms with Gasteiger partial charge in [-0.3, -0.25) is 0 Å². The Balaban J connectivity index is 3.05. The fraction of sp³-hybridized carbons (Fsp3) is 0. The second-order valence-electron chi connectivity index (χ2n) is 0.757. The Hall–Kier alpha value is -0.341. The number of rotatable bonds is 0. The first kappa shape index (κ1) is 3.84. The summed E-state index contributed by atoms with van der Waals surface area (Å²) in [4.78, 5) is 0. The fourth-order valence-electron chi connectivity index (χ4n) is 0.179. The summed E-state index contributed by atoms with van der Waals surface area (Å²) < 4.78 is 0.488. The predicted octanol–water partition coefficient (Wildman–Crippen LogP) is -1.02. The first-order valence-corrected chi connectivity index (χ1v) is 1.85. The van der Waals surface area contributed by atoms with Gasteiger partial charge in [-0.1, -0.05) is 0 Å². The maximum atomic E-state index is 4.67. The van der Waals surface area contributed by atoms with Gasteiger partial charge in [0.25, 0.3) is 0 Å². The van der Waals surface area contributed by atoms with Gasteiger partial charge in [-0.15, -0.1) is 0 Å². The molecule has 0 aliphatic carbocycles. The van der Waals surface area contributed by atoms with Crippen LogP contribution in [0.5, 0.6) is 0 Å². The van der Waals surface area contributed by atoms with Gasteiger partial charge in [0.15, 0.2) is 0 Å². The van der Waals surface area contributed by atoms with Crippen LogP contribution in [0.3, 0.4) is 0 Å². The molecule has 0 saturated carbocycles. The Morgan fingerprint density at radius 3 is 2.83 bits per heavy atom. The van der Waals surface area contributed by atoms with Crippen molar-refractivity contribution in [3.63, 3.8) is 0 Å². The number of aromatic amines is 1. The van der Waals surface area contributed by atoms with E-state index in [9.17, 15) is 0 Å². The minimum atomic E-state index is 0.488. The van der Waals surface area contributed by atoms with Gasteiger partial charge < -0.3 is 0 Å². The number of nitrogens with zero attached hydrogens (tertiary/aromatic N) is 2. The predicted molar refractivity (Wildman–Crippen MR) is 16.0 cm³/mol. The molecule has 0 aliphatic rings. The first-order valence-electron chi connectivity index (χ1n) is 1.38. The van der Waals surface area contributed by atoms with E-state index in [1.807, 2.05) is 0 Å². The molecule has 1 heterocycles. The van der Waals surface area contributed by atoms with Gasteiger partial charge in [0.05, 0.1) is 0 Å². The van der Waals surface area contributed by atoms with Crippen molar-refractivity contribution in [1.29, 1.82) is 0 Å². The van der Waals surface area contributed by atoms with E-state index in [1.54, 1.807) is 6.20 Å². The molecule has 6 heavy (non-hydrogen) atoms. The van der Waals surface area contributed by atoms with Crippen LogP contribution in [-0.2, 0) is 16.0 Å². The van der Waals surface area contributed by atoms with Crippen LogP contribution in [0.2, 0.25) is 0 Å². The molecule has 0 radical (unpaired) electrons. The molecule has 0 saturated heterocycles. The molecule has 1 rings (SSSR count). The van der Waals surface area contributed by atoms with E-state index < -0.39 is 0 Å². The molecule has 0 atom stereocenters. The average Bonchev–Trinajstić information content (AvgIpc) is 1.86. The number of nitrogens with one attached hydrogen (secondary N) is 1. The molecular formula is C2H2CuN3. The third-order valence-corrected chi connectivity index (χ3v) is 0.598. The zero-order chi connectivity index (χ0) is 4.41. The van der Waals surface area contributed by atoms with Crippen LogP contribution in [0.1, 0.15) is 0 Å². The maximum absolute atomic E-state index is 4.67. The second kappa shape index (κ2) is 1.41. The van der Waals surface area contributed by atoms with Crippen molar-refractivity contribution in [2.75, 3.05) is 0 Å². The monoisotopic (exact) mass is 131 g/mol. The molecule has 3 nitrogen and oxygen atoms in total. The van der Waals surface area contributed by atoms with Crippen LogP contribution in [0.4, 0.5) is 0 Å².